The third-order valence-corrected chi connectivity index (χ3v) is 4.04. The van der Waals surface area contributed by atoms with Crippen molar-refractivity contribution in [3.8, 4) is 5.69 Å². The molecule has 120 valence electrons. The van der Waals surface area contributed by atoms with Crippen LogP contribution >= 0.6 is 0 Å². The van der Waals surface area contributed by atoms with Crippen LogP contribution in [0.25, 0.3) is 5.69 Å². The first-order valence-corrected chi connectivity index (χ1v) is 7.38. The molecule has 8 heteroatoms. The number of nitrogens with two attached hydrogens (primary N) is 1. The number of nitro groups is 1. The minimum Gasteiger partial charge on any atom is -0.337 e. The van der Waals surface area contributed by atoms with E-state index in [9.17, 15) is 14.9 Å². The summed E-state index contributed by atoms with van der Waals surface area (Å²) in [6, 6.07) is 7.66. The quantitative estimate of drug-likeness (QED) is 0.674. The molecule has 1 aliphatic heterocycles. The number of carbonyl (C=O) groups excluding carboxylic acids is 1. The minimum absolute atomic E-state index is 0.0158. The number of carbonyl (C=O) groups is 1. The molecule has 1 saturated heterocycles. The largest absolute Gasteiger partial charge is 0.337 e. The third-order valence-electron chi connectivity index (χ3n) is 4.04. The lowest BCUT2D eigenvalue weighted by molar-refractivity contribution is -0.384. The second-order valence-corrected chi connectivity index (χ2v) is 5.56. The average molecular weight is 315 g/mol. The Bertz CT molecular complexity index is 725. The number of non-ortho nitro benzene ring substituents is 1. The molecule has 1 unspecified atom stereocenters. The van der Waals surface area contributed by atoms with E-state index in [1.165, 1.54) is 16.8 Å². The summed E-state index contributed by atoms with van der Waals surface area (Å²) in [4.78, 5) is 24.4. The summed E-state index contributed by atoms with van der Waals surface area (Å²) in [5.74, 6) is 0.248. The van der Waals surface area contributed by atoms with Crippen LogP contribution in [-0.2, 0) is 0 Å². The lowest BCUT2D eigenvalue weighted by atomic mass is 10.1. The van der Waals surface area contributed by atoms with E-state index in [-0.39, 0.29) is 11.6 Å². The van der Waals surface area contributed by atoms with Crippen LogP contribution in [-0.4, -0.2) is 45.1 Å². The van der Waals surface area contributed by atoms with Gasteiger partial charge < -0.3 is 10.6 Å². The Hall–Kier alpha value is -2.74. The predicted octanol–water partition coefficient (Wildman–Crippen LogP) is 1.20. The molecule has 0 aliphatic carbocycles. The van der Waals surface area contributed by atoms with E-state index >= 15 is 0 Å². The number of amides is 1. The summed E-state index contributed by atoms with van der Waals surface area (Å²) >= 11 is 0. The van der Waals surface area contributed by atoms with E-state index in [4.69, 9.17) is 5.73 Å². The van der Waals surface area contributed by atoms with Gasteiger partial charge in [-0.1, -0.05) is 0 Å². The third kappa shape index (κ3) is 3.07. The maximum Gasteiger partial charge on any atom is 0.274 e. The van der Waals surface area contributed by atoms with Gasteiger partial charge in [0.05, 0.1) is 10.6 Å². The van der Waals surface area contributed by atoms with Gasteiger partial charge in [0.1, 0.15) is 0 Å². The summed E-state index contributed by atoms with van der Waals surface area (Å²) in [5.41, 5.74) is 6.68. The minimum atomic E-state index is -0.455. The van der Waals surface area contributed by atoms with Gasteiger partial charge in [0.2, 0.25) is 0 Å². The molecule has 1 aromatic heterocycles. The highest BCUT2D eigenvalue weighted by Crippen LogP contribution is 2.18. The van der Waals surface area contributed by atoms with Gasteiger partial charge in [0.15, 0.2) is 5.69 Å². The van der Waals surface area contributed by atoms with Crippen molar-refractivity contribution in [1.82, 2.24) is 14.7 Å². The van der Waals surface area contributed by atoms with Crippen LogP contribution < -0.4 is 5.73 Å². The van der Waals surface area contributed by atoms with Crippen molar-refractivity contribution in [3.63, 3.8) is 0 Å². The Morgan fingerprint density at radius 2 is 2.09 bits per heavy atom. The van der Waals surface area contributed by atoms with Crippen molar-refractivity contribution >= 4 is 11.6 Å². The van der Waals surface area contributed by atoms with Crippen LogP contribution in [0.3, 0.4) is 0 Å². The highest BCUT2D eigenvalue weighted by Gasteiger charge is 2.27. The van der Waals surface area contributed by atoms with Crippen LogP contribution in [0.4, 0.5) is 5.69 Å². The molecular formula is C15H17N5O3. The zero-order valence-corrected chi connectivity index (χ0v) is 12.5. The lowest BCUT2D eigenvalue weighted by Crippen LogP contribution is -2.30. The molecule has 0 saturated carbocycles. The van der Waals surface area contributed by atoms with E-state index in [0.29, 0.717) is 36.9 Å². The number of rotatable bonds is 4. The van der Waals surface area contributed by atoms with E-state index < -0.39 is 4.92 Å². The number of aromatic nitrogens is 2. The van der Waals surface area contributed by atoms with Crippen LogP contribution in [0.15, 0.2) is 36.5 Å². The van der Waals surface area contributed by atoms with Gasteiger partial charge in [0.25, 0.3) is 11.6 Å². The second kappa shape index (κ2) is 6.17. The molecule has 2 N–H and O–H groups in total. The highest BCUT2D eigenvalue weighted by atomic mass is 16.6. The number of benzene rings is 1. The fraction of sp³-hybridized carbons (Fsp3) is 0.333. The standard InChI is InChI=1S/C15H17N5O3/c16-9-11-5-7-18(10-11)15(21)14-6-8-19(17-14)12-1-3-13(4-2-12)20(22)23/h1-4,6,8,11H,5,7,9-10,16H2. The summed E-state index contributed by atoms with van der Waals surface area (Å²) in [6.07, 6.45) is 2.59. The summed E-state index contributed by atoms with van der Waals surface area (Å²) < 4.78 is 1.54. The molecule has 23 heavy (non-hydrogen) atoms. The second-order valence-electron chi connectivity index (χ2n) is 5.56. The number of nitro benzene ring substituents is 1. The first kappa shape index (κ1) is 15.2. The topological polar surface area (TPSA) is 107 Å². The molecule has 0 spiro atoms. The van der Waals surface area contributed by atoms with Gasteiger partial charge in [0, 0.05) is 31.4 Å². The normalized spacial score (nSPS) is 17.4. The zero-order valence-electron chi connectivity index (χ0n) is 12.5. The molecule has 1 aromatic carbocycles. The van der Waals surface area contributed by atoms with E-state index in [0.717, 1.165) is 6.42 Å². The molecule has 1 fully saturated rings. The maximum absolute atomic E-state index is 12.4. The summed E-state index contributed by atoms with van der Waals surface area (Å²) in [5, 5.41) is 14.9. The summed E-state index contributed by atoms with van der Waals surface area (Å²) in [6.45, 7) is 1.95. The maximum atomic E-state index is 12.4. The Balaban J connectivity index is 1.75. The van der Waals surface area contributed by atoms with E-state index in [1.807, 2.05) is 0 Å². The Kier molecular flexibility index (Phi) is 4.07. The average Bonchev–Trinajstić information content (AvgIpc) is 3.23. The van der Waals surface area contributed by atoms with Gasteiger partial charge in [-0.15, -0.1) is 0 Å². The number of hydrogen-bond donors (Lipinski definition) is 1. The van der Waals surface area contributed by atoms with Crippen molar-refractivity contribution in [3.05, 3.63) is 52.3 Å². The molecule has 0 bridgehead atoms. The molecule has 2 heterocycles. The van der Waals surface area contributed by atoms with E-state index in [2.05, 4.69) is 5.10 Å². The fourth-order valence-corrected chi connectivity index (χ4v) is 2.68. The van der Waals surface area contributed by atoms with Gasteiger partial charge >= 0.3 is 0 Å². The molecule has 0 radical (unpaired) electrons. The van der Waals surface area contributed by atoms with Crippen molar-refractivity contribution < 1.29 is 9.72 Å². The monoisotopic (exact) mass is 315 g/mol. The summed E-state index contributed by atoms with van der Waals surface area (Å²) in [7, 11) is 0. The lowest BCUT2D eigenvalue weighted by Gasteiger charge is -2.14. The van der Waals surface area contributed by atoms with Crippen LogP contribution in [0, 0.1) is 16.0 Å². The van der Waals surface area contributed by atoms with Crippen LogP contribution in [0.2, 0.25) is 0 Å². The smallest absolute Gasteiger partial charge is 0.274 e. The van der Waals surface area contributed by atoms with Gasteiger partial charge in [-0.05, 0) is 37.1 Å². The van der Waals surface area contributed by atoms with Gasteiger partial charge in [-0.3, -0.25) is 14.9 Å². The van der Waals surface area contributed by atoms with Crippen molar-refractivity contribution in [2.24, 2.45) is 11.7 Å². The van der Waals surface area contributed by atoms with E-state index in [1.54, 1.807) is 29.3 Å². The first-order valence-electron chi connectivity index (χ1n) is 7.38. The van der Waals surface area contributed by atoms with Crippen molar-refractivity contribution in [2.45, 2.75) is 6.42 Å². The first-order chi connectivity index (χ1) is 11.1. The molecule has 8 nitrogen and oxygen atoms in total. The number of nitrogens with zero attached hydrogens (tertiary/aromatic N) is 4. The number of hydrogen-bond acceptors (Lipinski definition) is 5. The Morgan fingerprint density at radius 1 is 1.35 bits per heavy atom. The molecule has 1 amide bonds. The highest BCUT2D eigenvalue weighted by molar-refractivity contribution is 5.92. The molecule has 1 atom stereocenters. The molecular weight excluding hydrogens is 298 g/mol. The van der Waals surface area contributed by atoms with Crippen LogP contribution in [0.5, 0.6) is 0 Å². The Labute approximate surface area is 132 Å². The zero-order chi connectivity index (χ0) is 16.4. The SMILES string of the molecule is NCC1CCN(C(=O)c2ccn(-c3ccc([N+](=O)[O-])cc3)n2)C1. The molecule has 2 aromatic rings. The van der Waals surface area contributed by atoms with Gasteiger partial charge in [-0.25, -0.2) is 4.68 Å². The van der Waals surface area contributed by atoms with Gasteiger partial charge in [-0.2, -0.15) is 5.10 Å². The Morgan fingerprint density at radius 3 is 2.70 bits per heavy atom. The predicted molar refractivity (Wildman–Crippen MR) is 83.3 cm³/mol. The van der Waals surface area contributed by atoms with Crippen LogP contribution in [0.1, 0.15) is 16.9 Å². The van der Waals surface area contributed by atoms with Crippen molar-refractivity contribution in [2.75, 3.05) is 19.6 Å². The van der Waals surface area contributed by atoms with Crippen molar-refractivity contribution in [1.29, 1.82) is 0 Å². The fourth-order valence-electron chi connectivity index (χ4n) is 2.68. The number of likely N-dealkylation sites (tertiary alicyclic amines) is 1. The molecule has 3 rings (SSSR count). The molecule has 1 aliphatic rings.